The van der Waals surface area contributed by atoms with Gasteiger partial charge in [-0.1, -0.05) is 74.3 Å². The number of ether oxygens (including phenoxy) is 1. The highest BCUT2D eigenvalue weighted by molar-refractivity contribution is 7.17. The van der Waals surface area contributed by atoms with E-state index >= 15 is 4.39 Å². The van der Waals surface area contributed by atoms with Crippen molar-refractivity contribution >= 4 is 11.3 Å². The first-order valence-electron chi connectivity index (χ1n) is 12.4. The van der Waals surface area contributed by atoms with E-state index in [1.807, 2.05) is 24.3 Å². The van der Waals surface area contributed by atoms with E-state index in [0.29, 0.717) is 17.6 Å². The molecule has 32 heavy (non-hydrogen) atoms. The highest BCUT2D eigenvalue weighted by Gasteiger charge is 2.26. The molecule has 2 saturated carbocycles. The maximum absolute atomic E-state index is 15.1. The Morgan fingerprint density at radius 2 is 1.69 bits per heavy atom. The summed E-state index contributed by atoms with van der Waals surface area (Å²) in [5.74, 6) is 1.35. The minimum atomic E-state index is -0.167. The maximum atomic E-state index is 15.1. The van der Waals surface area contributed by atoms with Crippen LogP contribution in [-0.4, -0.2) is 6.10 Å². The molecule has 168 valence electrons. The van der Waals surface area contributed by atoms with E-state index < -0.39 is 0 Å². The molecule has 0 N–H and O–H groups in total. The van der Waals surface area contributed by atoms with Gasteiger partial charge in [-0.3, -0.25) is 0 Å². The molecule has 3 heteroatoms. The zero-order chi connectivity index (χ0) is 21.9. The predicted molar refractivity (Wildman–Crippen MR) is 133 cm³/mol. The van der Waals surface area contributed by atoms with Gasteiger partial charge in [0.15, 0.2) is 5.06 Å². The molecule has 2 aliphatic rings. The first-order valence-corrected chi connectivity index (χ1v) is 13.2. The summed E-state index contributed by atoms with van der Waals surface area (Å²) in [7, 11) is 0. The fourth-order valence-corrected chi connectivity index (χ4v) is 6.55. The molecule has 2 aromatic carbocycles. The van der Waals surface area contributed by atoms with Crippen LogP contribution in [0, 0.1) is 11.7 Å². The lowest BCUT2D eigenvalue weighted by Crippen LogP contribution is -2.11. The van der Waals surface area contributed by atoms with Crippen LogP contribution in [0.4, 0.5) is 4.39 Å². The van der Waals surface area contributed by atoms with Crippen LogP contribution in [0.2, 0.25) is 0 Å². The van der Waals surface area contributed by atoms with Crippen molar-refractivity contribution in [3.63, 3.8) is 0 Å². The third-order valence-corrected chi connectivity index (χ3v) is 8.37. The molecule has 1 heterocycles. The van der Waals surface area contributed by atoms with Crippen LogP contribution in [0.5, 0.6) is 5.06 Å². The molecule has 0 amide bonds. The maximum Gasteiger partial charge on any atom is 0.174 e. The Morgan fingerprint density at radius 1 is 0.906 bits per heavy atom. The van der Waals surface area contributed by atoms with Crippen molar-refractivity contribution in [1.29, 1.82) is 0 Å². The summed E-state index contributed by atoms with van der Waals surface area (Å²) < 4.78 is 21.3. The van der Waals surface area contributed by atoms with Crippen LogP contribution < -0.4 is 4.74 Å². The van der Waals surface area contributed by atoms with Crippen LogP contribution in [0.25, 0.3) is 21.6 Å². The van der Waals surface area contributed by atoms with Crippen molar-refractivity contribution in [3.8, 4) is 26.6 Å². The van der Waals surface area contributed by atoms with Crippen molar-refractivity contribution in [2.75, 3.05) is 0 Å². The lowest BCUT2D eigenvalue weighted by Gasteiger charge is -2.12. The molecule has 0 aliphatic heterocycles. The van der Waals surface area contributed by atoms with Gasteiger partial charge in [0.05, 0.1) is 6.10 Å². The summed E-state index contributed by atoms with van der Waals surface area (Å²) >= 11 is 1.56. The van der Waals surface area contributed by atoms with Gasteiger partial charge < -0.3 is 4.74 Å². The summed E-state index contributed by atoms with van der Waals surface area (Å²) in [5.41, 5.74) is 4.10. The van der Waals surface area contributed by atoms with Crippen molar-refractivity contribution in [2.45, 2.75) is 76.7 Å². The number of thiophene rings is 1. The van der Waals surface area contributed by atoms with Crippen LogP contribution >= 0.6 is 11.3 Å². The summed E-state index contributed by atoms with van der Waals surface area (Å²) in [5, 5.41) is 0.910. The highest BCUT2D eigenvalue weighted by Crippen LogP contribution is 2.39. The van der Waals surface area contributed by atoms with Gasteiger partial charge >= 0.3 is 0 Å². The smallest absolute Gasteiger partial charge is 0.174 e. The largest absolute Gasteiger partial charge is 0.481 e. The molecule has 0 saturated heterocycles. The summed E-state index contributed by atoms with van der Waals surface area (Å²) in [6.07, 6.45) is 11.7. The summed E-state index contributed by atoms with van der Waals surface area (Å²) in [4.78, 5) is 0.934. The van der Waals surface area contributed by atoms with E-state index in [4.69, 9.17) is 4.74 Å². The van der Waals surface area contributed by atoms with Gasteiger partial charge in [-0.25, -0.2) is 4.39 Å². The standard InChI is InChI=1S/C29H33FOS/c1-2-5-20-8-14-25(18-20)31-29-17-16-28(32-29)26-15-13-24(19-27(26)30)23-11-9-22(10-12-23)21-6-3-4-7-21/h9-13,15-17,19-21,25H,2-8,14,18H2,1H3. The first kappa shape index (κ1) is 21.7. The van der Waals surface area contributed by atoms with Gasteiger partial charge in [-0.05, 0) is 84.9 Å². The fraction of sp³-hybridized carbons (Fsp3) is 0.448. The molecular formula is C29H33FOS. The third kappa shape index (κ3) is 4.78. The molecule has 5 rings (SSSR count). The van der Waals surface area contributed by atoms with Crippen LogP contribution in [0.15, 0.2) is 54.6 Å². The van der Waals surface area contributed by atoms with E-state index in [1.54, 1.807) is 17.4 Å². The van der Waals surface area contributed by atoms with Gasteiger partial charge in [0.25, 0.3) is 0 Å². The van der Waals surface area contributed by atoms with Crippen molar-refractivity contribution in [3.05, 3.63) is 66.0 Å². The summed E-state index contributed by atoms with van der Waals surface area (Å²) in [6.45, 7) is 2.26. The summed E-state index contributed by atoms with van der Waals surface area (Å²) in [6, 6.07) is 18.4. The molecule has 2 atom stereocenters. The van der Waals surface area contributed by atoms with Crippen LogP contribution in [0.1, 0.15) is 76.2 Å². The zero-order valence-electron chi connectivity index (χ0n) is 19.0. The highest BCUT2D eigenvalue weighted by atomic mass is 32.1. The van der Waals surface area contributed by atoms with Crippen LogP contribution in [-0.2, 0) is 0 Å². The van der Waals surface area contributed by atoms with E-state index in [2.05, 4.69) is 31.2 Å². The second-order valence-corrected chi connectivity index (χ2v) is 10.7. The van der Waals surface area contributed by atoms with Gasteiger partial charge in [-0.2, -0.15) is 0 Å². The average Bonchev–Trinajstić information content (AvgIpc) is 3.57. The van der Waals surface area contributed by atoms with Gasteiger partial charge in [0, 0.05) is 10.4 Å². The molecule has 2 unspecified atom stereocenters. The Balaban J connectivity index is 1.26. The van der Waals surface area contributed by atoms with Crippen LogP contribution in [0.3, 0.4) is 0 Å². The monoisotopic (exact) mass is 448 g/mol. The first-order chi connectivity index (χ1) is 15.7. The average molecular weight is 449 g/mol. The number of rotatable bonds is 7. The van der Waals surface area contributed by atoms with Gasteiger partial charge in [-0.15, -0.1) is 0 Å². The second-order valence-electron chi connectivity index (χ2n) is 9.62. The Labute approximate surface area is 195 Å². The molecule has 1 nitrogen and oxygen atoms in total. The predicted octanol–water partition coefficient (Wildman–Crippen LogP) is 9.23. The van der Waals surface area contributed by atoms with Gasteiger partial charge in [0.1, 0.15) is 5.82 Å². The fourth-order valence-electron chi connectivity index (χ4n) is 5.60. The number of hydrogen-bond donors (Lipinski definition) is 0. The zero-order valence-corrected chi connectivity index (χ0v) is 19.8. The topological polar surface area (TPSA) is 9.23 Å². The van der Waals surface area contributed by atoms with E-state index in [0.717, 1.165) is 39.8 Å². The molecule has 2 fully saturated rings. The number of halogens is 1. The Bertz CT molecular complexity index is 1030. The number of benzene rings is 2. The van der Waals surface area contributed by atoms with E-state index in [-0.39, 0.29) is 5.82 Å². The lowest BCUT2D eigenvalue weighted by atomic mass is 9.95. The lowest BCUT2D eigenvalue weighted by molar-refractivity contribution is 0.210. The minimum Gasteiger partial charge on any atom is -0.481 e. The molecule has 3 aromatic rings. The molecule has 0 bridgehead atoms. The third-order valence-electron chi connectivity index (χ3n) is 7.36. The molecular weight excluding hydrogens is 415 g/mol. The van der Waals surface area contributed by atoms with E-state index in [9.17, 15) is 0 Å². The van der Waals surface area contributed by atoms with E-state index in [1.165, 1.54) is 50.5 Å². The van der Waals surface area contributed by atoms with Crippen molar-refractivity contribution in [1.82, 2.24) is 0 Å². The van der Waals surface area contributed by atoms with Crippen molar-refractivity contribution in [2.24, 2.45) is 5.92 Å². The minimum absolute atomic E-state index is 0.167. The normalized spacial score (nSPS) is 21.3. The Hall–Kier alpha value is -2.13. The van der Waals surface area contributed by atoms with Crippen molar-refractivity contribution < 1.29 is 9.13 Å². The second kappa shape index (κ2) is 9.79. The van der Waals surface area contributed by atoms with Gasteiger partial charge in [0.2, 0.25) is 0 Å². The number of hydrogen-bond acceptors (Lipinski definition) is 2. The Morgan fingerprint density at radius 3 is 2.44 bits per heavy atom. The molecule has 1 aromatic heterocycles. The SMILES string of the molecule is CCCC1CCC(Oc2ccc(-c3ccc(-c4ccc(C5CCCC5)cc4)cc3F)s2)C1. The Kier molecular flexibility index (Phi) is 6.64. The quantitative estimate of drug-likeness (QED) is 0.350. The molecule has 2 aliphatic carbocycles. The molecule has 0 spiro atoms. The molecule has 0 radical (unpaired) electrons.